The summed E-state index contributed by atoms with van der Waals surface area (Å²) >= 11 is 1.68. The van der Waals surface area contributed by atoms with Gasteiger partial charge in [-0.2, -0.15) is 0 Å². The molecule has 0 atom stereocenters. The van der Waals surface area contributed by atoms with Gasteiger partial charge in [0.2, 0.25) is 5.75 Å². The van der Waals surface area contributed by atoms with E-state index in [9.17, 15) is 4.79 Å². The average molecular weight is 321 g/mol. The molecule has 0 bridgehead atoms. The largest absolute Gasteiger partial charge is 0.493 e. The Hall–Kier alpha value is -2.21. The second-order valence-electron chi connectivity index (χ2n) is 4.47. The summed E-state index contributed by atoms with van der Waals surface area (Å²) < 4.78 is 15.8. The Labute approximate surface area is 133 Å². The van der Waals surface area contributed by atoms with Crippen molar-refractivity contribution in [2.45, 2.75) is 6.42 Å². The van der Waals surface area contributed by atoms with Crippen molar-refractivity contribution >= 4 is 17.2 Å². The number of rotatable bonds is 7. The van der Waals surface area contributed by atoms with Crippen LogP contribution >= 0.6 is 11.3 Å². The van der Waals surface area contributed by atoms with Crippen LogP contribution in [0, 0.1) is 0 Å². The van der Waals surface area contributed by atoms with Crippen LogP contribution in [-0.2, 0) is 6.42 Å². The second kappa shape index (κ2) is 7.70. The lowest BCUT2D eigenvalue weighted by molar-refractivity contribution is 0.0950. The Morgan fingerprint density at radius 1 is 1.09 bits per heavy atom. The first-order valence-corrected chi connectivity index (χ1v) is 7.68. The molecule has 0 unspecified atom stereocenters. The summed E-state index contributed by atoms with van der Waals surface area (Å²) in [6.07, 6.45) is 0.805. The number of hydrogen-bond donors (Lipinski definition) is 1. The maximum Gasteiger partial charge on any atom is 0.255 e. The molecule has 5 nitrogen and oxygen atoms in total. The zero-order valence-corrected chi connectivity index (χ0v) is 13.7. The molecule has 0 saturated heterocycles. The van der Waals surface area contributed by atoms with Crippen molar-refractivity contribution in [3.63, 3.8) is 0 Å². The Morgan fingerprint density at radius 2 is 1.86 bits per heavy atom. The Kier molecular flexibility index (Phi) is 5.66. The predicted molar refractivity (Wildman–Crippen MR) is 86.5 cm³/mol. The minimum Gasteiger partial charge on any atom is -0.493 e. The molecule has 0 aliphatic heterocycles. The molecule has 1 aromatic carbocycles. The van der Waals surface area contributed by atoms with E-state index in [1.54, 1.807) is 23.5 Å². The van der Waals surface area contributed by atoms with Gasteiger partial charge >= 0.3 is 0 Å². The molecule has 0 saturated carbocycles. The third kappa shape index (κ3) is 3.51. The first-order chi connectivity index (χ1) is 10.7. The monoisotopic (exact) mass is 321 g/mol. The number of thiophene rings is 1. The topological polar surface area (TPSA) is 56.8 Å². The van der Waals surface area contributed by atoms with Gasteiger partial charge in [-0.05, 0) is 30.0 Å². The van der Waals surface area contributed by atoms with Crippen LogP contribution in [-0.4, -0.2) is 33.8 Å². The molecule has 1 amide bonds. The molecule has 0 aliphatic carbocycles. The number of hydrogen-bond acceptors (Lipinski definition) is 5. The third-order valence-corrected chi connectivity index (χ3v) is 4.12. The fourth-order valence-corrected chi connectivity index (χ4v) is 2.84. The van der Waals surface area contributed by atoms with E-state index in [1.807, 2.05) is 17.5 Å². The first kappa shape index (κ1) is 16.2. The van der Waals surface area contributed by atoms with Crippen LogP contribution in [0.1, 0.15) is 15.2 Å². The highest BCUT2D eigenvalue weighted by Gasteiger charge is 2.20. The van der Waals surface area contributed by atoms with Crippen LogP contribution in [0.25, 0.3) is 0 Å². The maximum atomic E-state index is 12.3. The fraction of sp³-hybridized carbons (Fsp3) is 0.312. The molecule has 0 fully saturated rings. The lowest BCUT2D eigenvalue weighted by Gasteiger charge is -2.15. The zero-order chi connectivity index (χ0) is 15.9. The minimum absolute atomic E-state index is 0.200. The first-order valence-electron chi connectivity index (χ1n) is 6.80. The predicted octanol–water partition coefficient (Wildman–Crippen LogP) is 2.75. The van der Waals surface area contributed by atoms with E-state index in [2.05, 4.69) is 5.32 Å². The number of nitrogens with one attached hydrogen (secondary N) is 1. The van der Waals surface area contributed by atoms with Gasteiger partial charge in [0.25, 0.3) is 5.91 Å². The normalized spacial score (nSPS) is 10.1. The lowest BCUT2D eigenvalue weighted by atomic mass is 10.1. The molecule has 1 aromatic heterocycles. The van der Waals surface area contributed by atoms with E-state index in [-0.39, 0.29) is 5.91 Å². The van der Waals surface area contributed by atoms with E-state index >= 15 is 0 Å². The van der Waals surface area contributed by atoms with Crippen LogP contribution < -0.4 is 19.5 Å². The van der Waals surface area contributed by atoms with E-state index in [0.29, 0.717) is 29.4 Å². The van der Waals surface area contributed by atoms with Crippen molar-refractivity contribution in [3.8, 4) is 17.2 Å². The van der Waals surface area contributed by atoms with Gasteiger partial charge in [0, 0.05) is 11.4 Å². The molecule has 118 valence electrons. The lowest BCUT2D eigenvalue weighted by Crippen LogP contribution is -2.26. The molecule has 0 aliphatic rings. The third-order valence-electron chi connectivity index (χ3n) is 3.19. The van der Waals surface area contributed by atoms with E-state index in [0.717, 1.165) is 6.42 Å². The van der Waals surface area contributed by atoms with Crippen LogP contribution in [0.4, 0.5) is 0 Å². The highest BCUT2D eigenvalue weighted by atomic mass is 32.1. The molecule has 6 heteroatoms. The molecule has 2 rings (SSSR count). The number of carbonyl (C=O) groups excluding carboxylic acids is 1. The van der Waals surface area contributed by atoms with Gasteiger partial charge in [-0.3, -0.25) is 4.79 Å². The summed E-state index contributed by atoms with van der Waals surface area (Å²) in [6.45, 7) is 0.566. The van der Waals surface area contributed by atoms with Gasteiger partial charge in [-0.25, -0.2) is 0 Å². The highest BCUT2D eigenvalue weighted by molar-refractivity contribution is 7.09. The molecule has 2 aromatic rings. The SMILES string of the molecule is COc1ccc(C(=O)NCCc2cccs2)c(OC)c1OC. The van der Waals surface area contributed by atoms with Crippen LogP contribution in [0.2, 0.25) is 0 Å². The van der Waals surface area contributed by atoms with Crippen molar-refractivity contribution in [2.75, 3.05) is 27.9 Å². The number of methoxy groups -OCH3 is 3. The van der Waals surface area contributed by atoms with Gasteiger partial charge in [0.15, 0.2) is 11.5 Å². The molecule has 1 N–H and O–H groups in total. The summed E-state index contributed by atoms with van der Waals surface area (Å²) in [5.74, 6) is 1.11. The summed E-state index contributed by atoms with van der Waals surface area (Å²) in [5.41, 5.74) is 0.423. The summed E-state index contributed by atoms with van der Waals surface area (Å²) in [6, 6.07) is 7.41. The second-order valence-corrected chi connectivity index (χ2v) is 5.50. The fourth-order valence-electron chi connectivity index (χ4n) is 2.13. The Balaban J connectivity index is 2.11. The standard InChI is InChI=1S/C16H19NO4S/c1-19-13-7-6-12(14(20-2)15(13)21-3)16(18)17-9-8-11-5-4-10-22-11/h4-7,10H,8-9H2,1-3H3,(H,17,18). The van der Waals surface area contributed by atoms with Gasteiger partial charge in [-0.1, -0.05) is 6.07 Å². The molecule has 0 spiro atoms. The van der Waals surface area contributed by atoms with Crippen molar-refractivity contribution in [2.24, 2.45) is 0 Å². The van der Waals surface area contributed by atoms with Gasteiger partial charge < -0.3 is 19.5 Å². The van der Waals surface area contributed by atoms with Crippen LogP contribution in [0.15, 0.2) is 29.6 Å². The molecule has 1 heterocycles. The molecular weight excluding hydrogens is 302 g/mol. The van der Waals surface area contributed by atoms with Crippen molar-refractivity contribution < 1.29 is 19.0 Å². The number of ether oxygens (including phenoxy) is 3. The van der Waals surface area contributed by atoms with Crippen molar-refractivity contribution in [1.82, 2.24) is 5.32 Å². The highest BCUT2D eigenvalue weighted by Crippen LogP contribution is 2.39. The van der Waals surface area contributed by atoms with Crippen molar-refractivity contribution in [3.05, 3.63) is 40.1 Å². The molecule has 0 radical (unpaired) electrons. The van der Waals surface area contributed by atoms with Gasteiger partial charge in [0.05, 0.1) is 26.9 Å². The Bertz CT molecular complexity index is 625. The van der Waals surface area contributed by atoms with Gasteiger partial charge in [0.1, 0.15) is 0 Å². The summed E-state index contributed by atoms with van der Waals surface area (Å²) in [4.78, 5) is 13.6. The van der Waals surface area contributed by atoms with Crippen molar-refractivity contribution in [1.29, 1.82) is 0 Å². The average Bonchev–Trinajstić information content (AvgIpc) is 3.06. The quantitative estimate of drug-likeness (QED) is 0.852. The molecular formula is C16H19NO4S. The molecule has 22 heavy (non-hydrogen) atoms. The zero-order valence-electron chi connectivity index (χ0n) is 12.8. The maximum absolute atomic E-state index is 12.3. The van der Waals surface area contributed by atoms with Crippen LogP contribution in [0.5, 0.6) is 17.2 Å². The Morgan fingerprint density at radius 3 is 2.45 bits per heavy atom. The number of carbonyl (C=O) groups is 1. The minimum atomic E-state index is -0.200. The number of benzene rings is 1. The van der Waals surface area contributed by atoms with Crippen LogP contribution in [0.3, 0.4) is 0 Å². The van der Waals surface area contributed by atoms with E-state index in [1.165, 1.54) is 26.2 Å². The van der Waals surface area contributed by atoms with E-state index in [4.69, 9.17) is 14.2 Å². The summed E-state index contributed by atoms with van der Waals surface area (Å²) in [7, 11) is 4.55. The smallest absolute Gasteiger partial charge is 0.255 e. The number of amides is 1. The van der Waals surface area contributed by atoms with E-state index < -0.39 is 0 Å². The summed E-state index contributed by atoms with van der Waals surface area (Å²) in [5, 5.41) is 4.91. The van der Waals surface area contributed by atoms with Gasteiger partial charge in [-0.15, -0.1) is 11.3 Å².